The number of benzene rings is 1. The van der Waals surface area contributed by atoms with Crippen LogP contribution in [0.2, 0.25) is 5.02 Å². The van der Waals surface area contributed by atoms with E-state index in [4.69, 9.17) is 16.6 Å². The summed E-state index contributed by atoms with van der Waals surface area (Å²) >= 11 is 6.34. The summed E-state index contributed by atoms with van der Waals surface area (Å²) in [5, 5.41) is 0.779. The Hall–Kier alpha value is -2.24. The molecule has 2 heterocycles. The summed E-state index contributed by atoms with van der Waals surface area (Å²) in [4.78, 5) is 34.2. The van der Waals surface area contributed by atoms with Gasteiger partial charge in [0.1, 0.15) is 5.78 Å². The highest BCUT2D eigenvalue weighted by molar-refractivity contribution is 6.30. The molecule has 0 N–H and O–H groups in total. The topological polar surface area (TPSA) is 53.5 Å². The lowest BCUT2D eigenvalue weighted by Crippen LogP contribution is -2.51. The number of aromatic nitrogens is 1. The standard InChI is InChI=1S/C27H32ClN3O2/c1-18(32)19-4-7-21(8-5-19)27(33)31-15-13-30(14-16-31)26-24-11-10-23(28)17-22(24)9-6-20-3-2-12-29-25(20)26/h2-3,10-12,17,19,21,26H,4-9,13-16H2,1H3. The Morgan fingerprint density at radius 3 is 2.36 bits per heavy atom. The normalized spacial score (nSPS) is 25.6. The molecule has 1 atom stereocenters. The lowest BCUT2D eigenvalue weighted by molar-refractivity contribution is -0.139. The summed E-state index contributed by atoms with van der Waals surface area (Å²) < 4.78 is 0. The number of nitrogens with zero attached hydrogens (tertiary/aromatic N) is 3. The highest BCUT2D eigenvalue weighted by Gasteiger charge is 2.35. The van der Waals surface area contributed by atoms with Gasteiger partial charge in [0.15, 0.2) is 0 Å². The zero-order chi connectivity index (χ0) is 22.9. The number of carbonyl (C=O) groups is 2. The molecule has 3 aliphatic rings. The average molecular weight is 466 g/mol. The third kappa shape index (κ3) is 4.58. The van der Waals surface area contributed by atoms with Crippen LogP contribution in [0.5, 0.6) is 0 Å². The van der Waals surface area contributed by atoms with E-state index in [0.29, 0.717) is 0 Å². The number of hydrogen-bond acceptors (Lipinski definition) is 4. The Morgan fingerprint density at radius 2 is 1.64 bits per heavy atom. The van der Waals surface area contributed by atoms with Crippen LogP contribution in [0.1, 0.15) is 61.0 Å². The summed E-state index contributed by atoms with van der Waals surface area (Å²) in [6, 6.07) is 10.6. The summed E-state index contributed by atoms with van der Waals surface area (Å²) in [6.07, 6.45) is 7.23. The van der Waals surface area contributed by atoms with Crippen molar-refractivity contribution in [3.05, 3.63) is 63.9 Å². The van der Waals surface area contributed by atoms with Crippen LogP contribution >= 0.6 is 11.6 Å². The average Bonchev–Trinajstić information content (AvgIpc) is 3.00. The zero-order valence-corrected chi connectivity index (χ0v) is 20.1. The number of pyridine rings is 1. The van der Waals surface area contributed by atoms with Crippen molar-refractivity contribution in [2.75, 3.05) is 26.2 Å². The molecule has 33 heavy (non-hydrogen) atoms. The molecule has 2 aliphatic carbocycles. The number of carbonyl (C=O) groups excluding carboxylic acids is 2. The van der Waals surface area contributed by atoms with Gasteiger partial charge in [-0.3, -0.25) is 19.5 Å². The molecule has 1 aromatic heterocycles. The quantitative estimate of drug-likeness (QED) is 0.671. The van der Waals surface area contributed by atoms with Gasteiger partial charge >= 0.3 is 0 Å². The van der Waals surface area contributed by atoms with Gasteiger partial charge in [0, 0.05) is 49.2 Å². The fraction of sp³-hybridized carbons (Fsp3) is 0.519. The van der Waals surface area contributed by atoms with E-state index in [9.17, 15) is 9.59 Å². The highest BCUT2D eigenvalue weighted by atomic mass is 35.5. The molecule has 2 fully saturated rings. The Kier molecular flexibility index (Phi) is 6.53. The van der Waals surface area contributed by atoms with Crippen molar-refractivity contribution in [1.29, 1.82) is 0 Å². The van der Waals surface area contributed by atoms with Crippen LogP contribution in [0.4, 0.5) is 0 Å². The first-order valence-electron chi connectivity index (χ1n) is 12.3. The maximum atomic E-state index is 13.2. The first kappa shape index (κ1) is 22.5. The van der Waals surface area contributed by atoms with E-state index >= 15 is 0 Å². The molecule has 6 heteroatoms. The van der Waals surface area contributed by atoms with Crippen LogP contribution in [0, 0.1) is 11.8 Å². The molecule has 1 aromatic carbocycles. The smallest absolute Gasteiger partial charge is 0.225 e. The van der Waals surface area contributed by atoms with Gasteiger partial charge in [0.05, 0.1) is 11.7 Å². The number of fused-ring (bicyclic) bond motifs is 2. The molecular weight excluding hydrogens is 434 g/mol. The van der Waals surface area contributed by atoms with E-state index in [1.54, 1.807) is 6.92 Å². The molecule has 5 nitrogen and oxygen atoms in total. The number of halogens is 1. The van der Waals surface area contributed by atoms with E-state index < -0.39 is 0 Å². The highest BCUT2D eigenvalue weighted by Crippen LogP contribution is 2.37. The van der Waals surface area contributed by atoms with Crippen molar-refractivity contribution in [3.63, 3.8) is 0 Å². The maximum absolute atomic E-state index is 13.2. The minimum Gasteiger partial charge on any atom is -0.340 e. The molecular formula is C27H32ClN3O2. The molecule has 1 amide bonds. The Labute approximate surface area is 201 Å². The number of aryl methyl sites for hydroxylation is 2. The number of hydrogen-bond donors (Lipinski definition) is 0. The van der Waals surface area contributed by atoms with Crippen LogP contribution in [-0.2, 0) is 22.4 Å². The lowest BCUT2D eigenvalue weighted by atomic mass is 9.79. The molecule has 1 aliphatic heterocycles. The lowest BCUT2D eigenvalue weighted by Gasteiger charge is -2.41. The van der Waals surface area contributed by atoms with E-state index in [-0.39, 0.29) is 29.6 Å². The molecule has 0 radical (unpaired) electrons. The third-order valence-electron chi connectivity index (χ3n) is 7.89. The fourth-order valence-corrected chi connectivity index (χ4v) is 6.15. The predicted octanol–water partition coefficient (Wildman–Crippen LogP) is 4.46. The minimum absolute atomic E-state index is 0.0790. The first-order chi connectivity index (χ1) is 16.0. The van der Waals surface area contributed by atoms with Gasteiger partial charge in [-0.25, -0.2) is 0 Å². The van der Waals surface area contributed by atoms with Gasteiger partial charge in [-0.05, 0) is 80.3 Å². The SMILES string of the molecule is CC(=O)C1CCC(C(=O)N2CCN(C3c4ccc(Cl)cc4CCc4cccnc43)CC2)CC1. The largest absolute Gasteiger partial charge is 0.340 e. The van der Waals surface area contributed by atoms with E-state index in [1.807, 2.05) is 23.2 Å². The van der Waals surface area contributed by atoms with Crippen LogP contribution in [0.25, 0.3) is 0 Å². The molecule has 0 bridgehead atoms. The van der Waals surface area contributed by atoms with Gasteiger partial charge in [-0.1, -0.05) is 23.7 Å². The minimum atomic E-state index is 0.0790. The van der Waals surface area contributed by atoms with Crippen molar-refractivity contribution in [3.8, 4) is 0 Å². The second kappa shape index (κ2) is 9.55. The fourth-order valence-electron chi connectivity index (χ4n) is 5.96. The Balaban J connectivity index is 1.31. The van der Waals surface area contributed by atoms with Gasteiger partial charge in [-0.15, -0.1) is 0 Å². The van der Waals surface area contributed by atoms with E-state index in [1.165, 1.54) is 16.7 Å². The molecule has 1 saturated heterocycles. The number of rotatable bonds is 3. The van der Waals surface area contributed by atoms with Crippen LogP contribution in [0.15, 0.2) is 36.5 Å². The van der Waals surface area contributed by atoms with Crippen LogP contribution < -0.4 is 0 Å². The zero-order valence-electron chi connectivity index (χ0n) is 19.3. The molecule has 0 spiro atoms. The molecule has 5 rings (SSSR count). The molecule has 1 unspecified atom stereocenters. The molecule has 2 aromatic rings. The Morgan fingerprint density at radius 1 is 0.939 bits per heavy atom. The first-order valence-corrected chi connectivity index (χ1v) is 12.6. The van der Waals surface area contributed by atoms with Gasteiger partial charge in [-0.2, -0.15) is 0 Å². The summed E-state index contributed by atoms with van der Waals surface area (Å²) in [7, 11) is 0. The number of ketones is 1. The van der Waals surface area contributed by atoms with Crippen molar-refractivity contribution in [2.24, 2.45) is 11.8 Å². The molecule has 174 valence electrons. The third-order valence-corrected chi connectivity index (χ3v) is 8.13. The number of amides is 1. The van der Waals surface area contributed by atoms with Crippen molar-refractivity contribution < 1.29 is 9.59 Å². The van der Waals surface area contributed by atoms with Crippen molar-refractivity contribution in [1.82, 2.24) is 14.8 Å². The van der Waals surface area contributed by atoms with Gasteiger partial charge < -0.3 is 4.90 Å². The van der Waals surface area contributed by atoms with Gasteiger partial charge in [0.25, 0.3) is 0 Å². The van der Waals surface area contributed by atoms with Crippen LogP contribution in [0.3, 0.4) is 0 Å². The number of piperazine rings is 1. The maximum Gasteiger partial charge on any atom is 0.225 e. The monoisotopic (exact) mass is 465 g/mol. The Bertz CT molecular complexity index is 1040. The van der Waals surface area contributed by atoms with Crippen LogP contribution in [-0.4, -0.2) is 52.7 Å². The second-order valence-corrected chi connectivity index (χ2v) is 10.3. The van der Waals surface area contributed by atoms with Crippen molar-refractivity contribution >= 4 is 23.3 Å². The summed E-state index contributed by atoms with van der Waals surface area (Å²) in [5.74, 6) is 0.786. The predicted molar refractivity (Wildman–Crippen MR) is 129 cm³/mol. The van der Waals surface area contributed by atoms with Gasteiger partial charge in [0.2, 0.25) is 5.91 Å². The second-order valence-electron chi connectivity index (χ2n) is 9.81. The summed E-state index contributed by atoms with van der Waals surface area (Å²) in [6.45, 7) is 4.83. The number of Topliss-reactive ketones (excluding diaryl/α,β-unsaturated/α-hetero) is 1. The van der Waals surface area contributed by atoms with Crippen molar-refractivity contribution in [2.45, 2.75) is 51.5 Å². The van der Waals surface area contributed by atoms with E-state index in [0.717, 1.165) is 75.4 Å². The summed E-state index contributed by atoms with van der Waals surface area (Å²) in [5.41, 5.74) is 5.03. The van der Waals surface area contributed by atoms with E-state index in [2.05, 4.69) is 23.1 Å². The molecule has 1 saturated carbocycles.